The first-order chi connectivity index (χ1) is 8.09. The van der Waals surface area contributed by atoms with E-state index in [0.29, 0.717) is 11.0 Å². The van der Waals surface area contributed by atoms with Gasteiger partial charge in [-0.15, -0.1) is 0 Å². The van der Waals surface area contributed by atoms with Gasteiger partial charge in [0.05, 0.1) is 5.39 Å². The number of urea groups is 1. The van der Waals surface area contributed by atoms with Crippen molar-refractivity contribution in [3.63, 3.8) is 0 Å². The zero-order valence-corrected chi connectivity index (χ0v) is 9.56. The van der Waals surface area contributed by atoms with Crippen molar-refractivity contribution < 1.29 is 9.21 Å². The molecule has 1 aromatic heterocycles. The Balaban J connectivity index is 2.47. The van der Waals surface area contributed by atoms with Gasteiger partial charge in [-0.05, 0) is 12.1 Å². The Bertz CT molecular complexity index is 616. The maximum atomic E-state index is 12.0. The number of fused-ring (bicyclic) bond motifs is 1. The number of nitrogens with zero attached hydrogens (tertiary/aromatic N) is 1. The molecule has 0 aliphatic heterocycles. The topological polar surface area (TPSA) is 62.6 Å². The zero-order chi connectivity index (χ0) is 12.4. The van der Waals surface area contributed by atoms with Gasteiger partial charge in [0.1, 0.15) is 17.5 Å². The number of anilines is 1. The average Bonchev–Trinajstić information content (AvgIpc) is 2.33. The molecule has 0 bridgehead atoms. The van der Waals surface area contributed by atoms with Crippen LogP contribution in [0.5, 0.6) is 0 Å². The summed E-state index contributed by atoms with van der Waals surface area (Å²) in [5, 5.41) is 2.93. The third-order valence-corrected chi connectivity index (χ3v) is 2.33. The average molecular weight is 232 g/mol. The van der Waals surface area contributed by atoms with Crippen LogP contribution in [-0.4, -0.2) is 25.0 Å². The van der Waals surface area contributed by atoms with Crippen molar-refractivity contribution in [2.75, 3.05) is 19.4 Å². The second-order valence-electron chi connectivity index (χ2n) is 3.80. The summed E-state index contributed by atoms with van der Waals surface area (Å²) in [5.41, 5.74) is 0.393. The largest absolute Gasteiger partial charge is 0.462 e. The molecule has 0 spiro atoms. The first kappa shape index (κ1) is 11.2. The molecule has 0 fully saturated rings. The van der Waals surface area contributed by atoms with Gasteiger partial charge in [0.25, 0.3) is 0 Å². The molecular weight excluding hydrogens is 220 g/mol. The van der Waals surface area contributed by atoms with E-state index in [1.165, 1.54) is 11.2 Å². The maximum absolute atomic E-state index is 12.0. The number of rotatable bonds is 1. The molecule has 2 rings (SSSR count). The second kappa shape index (κ2) is 4.29. The molecule has 2 aromatic rings. The van der Waals surface area contributed by atoms with Crippen LogP contribution in [0.25, 0.3) is 11.0 Å². The minimum absolute atomic E-state index is 0.141. The van der Waals surface area contributed by atoms with Gasteiger partial charge in [-0.3, -0.25) is 4.79 Å². The van der Waals surface area contributed by atoms with Crippen LogP contribution in [-0.2, 0) is 0 Å². The second-order valence-corrected chi connectivity index (χ2v) is 3.80. The van der Waals surface area contributed by atoms with Gasteiger partial charge in [0.15, 0.2) is 0 Å². The quantitative estimate of drug-likeness (QED) is 0.816. The Labute approximate surface area is 97.6 Å². The highest BCUT2D eigenvalue weighted by atomic mass is 16.3. The molecule has 5 heteroatoms. The van der Waals surface area contributed by atoms with E-state index in [0.717, 1.165) is 0 Å². The smallest absolute Gasteiger partial charge is 0.321 e. The molecule has 1 N–H and O–H groups in total. The van der Waals surface area contributed by atoms with E-state index >= 15 is 0 Å². The summed E-state index contributed by atoms with van der Waals surface area (Å²) in [6, 6.07) is 6.52. The van der Waals surface area contributed by atoms with Crippen molar-refractivity contribution in [3.8, 4) is 0 Å². The molecule has 0 radical (unpaired) electrons. The molecule has 0 saturated carbocycles. The molecule has 1 aromatic carbocycles. The van der Waals surface area contributed by atoms with E-state index < -0.39 is 0 Å². The standard InChI is InChI=1S/C12H12N2O3/c1-14(2)12(16)13-9-7-17-10-6-4-3-5-8(10)11(9)15/h3-7H,1-2H3,(H,13,16). The van der Waals surface area contributed by atoms with E-state index in [-0.39, 0.29) is 17.1 Å². The van der Waals surface area contributed by atoms with Crippen molar-refractivity contribution in [2.45, 2.75) is 0 Å². The van der Waals surface area contributed by atoms with E-state index in [2.05, 4.69) is 5.32 Å². The van der Waals surface area contributed by atoms with Crippen LogP contribution < -0.4 is 10.7 Å². The van der Waals surface area contributed by atoms with E-state index in [4.69, 9.17) is 4.42 Å². The van der Waals surface area contributed by atoms with Crippen LogP contribution in [0.4, 0.5) is 10.5 Å². The first-order valence-corrected chi connectivity index (χ1v) is 5.08. The molecule has 17 heavy (non-hydrogen) atoms. The summed E-state index contributed by atoms with van der Waals surface area (Å²) in [5.74, 6) is 0. The molecule has 88 valence electrons. The highest BCUT2D eigenvalue weighted by Crippen LogP contribution is 2.12. The molecule has 0 saturated heterocycles. The molecule has 2 amide bonds. The lowest BCUT2D eigenvalue weighted by Gasteiger charge is -2.11. The predicted octanol–water partition coefficient (Wildman–Crippen LogP) is 1.89. The van der Waals surface area contributed by atoms with Gasteiger partial charge in [0.2, 0.25) is 5.43 Å². The van der Waals surface area contributed by atoms with Crippen LogP contribution in [0, 0.1) is 0 Å². The summed E-state index contributed by atoms with van der Waals surface area (Å²) in [4.78, 5) is 24.8. The fraction of sp³-hybridized carbons (Fsp3) is 0.167. The molecule has 1 heterocycles. The summed E-state index contributed by atoms with van der Waals surface area (Å²) >= 11 is 0. The Morgan fingerprint density at radius 1 is 1.29 bits per heavy atom. The summed E-state index contributed by atoms with van der Waals surface area (Å²) in [6.45, 7) is 0. The third-order valence-electron chi connectivity index (χ3n) is 2.33. The van der Waals surface area contributed by atoms with Gasteiger partial charge >= 0.3 is 6.03 Å². The number of nitrogens with one attached hydrogen (secondary N) is 1. The molecule has 0 aliphatic rings. The summed E-state index contributed by atoms with van der Waals surface area (Å²) in [6.07, 6.45) is 1.26. The minimum atomic E-state index is -0.368. The number of para-hydroxylation sites is 1. The van der Waals surface area contributed by atoms with Crippen LogP contribution in [0.2, 0.25) is 0 Å². The van der Waals surface area contributed by atoms with Crippen molar-refractivity contribution in [1.82, 2.24) is 4.90 Å². The van der Waals surface area contributed by atoms with Crippen LogP contribution in [0.3, 0.4) is 0 Å². The third kappa shape index (κ3) is 2.13. The van der Waals surface area contributed by atoms with Gasteiger partial charge in [0, 0.05) is 14.1 Å². The van der Waals surface area contributed by atoms with Crippen molar-refractivity contribution >= 4 is 22.7 Å². The lowest BCUT2D eigenvalue weighted by Crippen LogP contribution is -2.29. The SMILES string of the molecule is CN(C)C(=O)Nc1coc2ccccc2c1=O. The number of carbonyl (C=O) groups excluding carboxylic acids is 1. The fourth-order valence-electron chi connectivity index (χ4n) is 1.39. The van der Waals surface area contributed by atoms with E-state index in [9.17, 15) is 9.59 Å². The predicted molar refractivity (Wildman–Crippen MR) is 65.2 cm³/mol. The van der Waals surface area contributed by atoms with Gasteiger partial charge in [-0.25, -0.2) is 4.79 Å². The number of hydrogen-bond acceptors (Lipinski definition) is 3. The first-order valence-electron chi connectivity index (χ1n) is 5.08. The number of carbonyl (C=O) groups is 1. The number of hydrogen-bond donors (Lipinski definition) is 1. The normalized spacial score (nSPS) is 10.2. The number of amides is 2. The van der Waals surface area contributed by atoms with Crippen LogP contribution in [0.15, 0.2) is 39.7 Å². The molecule has 0 unspecified atom stereocenters. The lowest BCUT2D eigenvalue weighted by molar-refractivity contribution is 0.230. The van der Waals surface area contributed by atoms with Crippen molar-refractivity contribution in [2.24, 2.45) is 0 Å². The Morgan fingerprint density at radius 2 is 2.00 bits per heavy atom. The number of benzene rings is 1. The molecular formula is C12H12N2O3. The Kier molecular flexibility index (Phi) is 2.82. The van der Waals surface area contributed by atoms with Gasteiger partial charge in [-0.1, -0.05) is 12.1 Å². The fourth-order valence-corrected chi connectivity index (χ4v) is 1.39. The monoisotopic (exact) mass is 232 g/mol. The zero-order valence-electron chi connectivity index (χ0n) is 9.56. The molecule has 0 atom stereocenters. The van der Waals surface area contributed by atoms with Crippen LogP contribution in [0.1, 0.15) is 0 Å². The Hall–Kier alpha value is -2.30. The molecule has 5 nitrogen and oxygen atoms in total. The minimum Gasteiger partial charge on any atom is -0.462 e. The van der Waals surface area contributed by atoms with Gasteiger partial charge in [-0.2, -0.15) is 0 Å². The van der Waals surface area contributed by atoms with Crippen LogP contribution >= 0.6 is 0 Å². The molecule has 0 aliphatic carbocycles. The van der Waals surface area contributed by atoms with E-state index in [1.807, 2.05) is 0 Å². The Morgan fingerprint density at radius 3 is 2.71 bits per heavy atom. The summed E-state index contributed by atoms with van der Waals surface area (Å²) < 4.78 is 5.27. The van der Waals surface area contributed by atoms with Gasteiger partial charge < -0.3 is 14.6 Å². The lowest BCUT2D eigenvalue weighted by atomic mass is 10.2. The summed E-state index contributed by atoms with van der Waals surface area (Å²) in [7, 11) is 3.19. The highest BCUT2D eigenvalue weighted by molar-refractivity contribution is 5.91. The van der Waals surface area contributed by atoms with Crippen molar-refractivity contribution in [3.05, 3.63) is 40.8 Å². The maximum Gasteiger partial charge on any atom is 0.321 e. The van der Waals surface area contributed by atoms with E-state index in [1.54, 1.807) is 38.4 Å². The van der Waals surface area contributed by atoms with Crippen molar-refractivity contribution in [1.29, 1.82) is 0 Å². The highest BCUT2D eigenvalue weighted by Gasteiger charge is 2.10.